The number of ether oxygens (including phenoxy) is 2. The highest BCUT2D eigenvalue weighted by Crippen LogP contribution is 2.32. The molecule has 1 aromatic carbocycles. The quantitative estimate of drug-likeness (QED) is 0.594. The molecule has 154 valence electrons. The zero-order valence-electron chi connectivity index (χ0n) is 16.4. The molecule has 1 aliphatic heterocycles. The fraction of sp³-hybridized carbons (Fsp3) is 0.619. The summed E-state index contributed by atoms with van der Waals surface area (Å²) in [5.41, 5.74) is 0.912. The summed E-state index contributed by atoms with van der Waals surface area (Å²) < 4.78 is 11.2. The van der Waals surface area contributed by atoms with Gasteiger partial charge in [0.05, 0.1) is 32.3 Å². The molecular weight excluding hydrogens is 360 g/mol. The lowest BCUT2D eigenvalue weighted by atomic mass is 9.96. The third kappa shape index (κ3) is 5.94. The van der Waals surface area contributed by atoms with Crippen LogP contribution >= 0.6 is 0 Å². The molecule has 1 aliphatic carbocycles. The molecule has 0 spiro atoms. The Morgan fingerprint density at radius 2 is 1.93 bits per heavy atom. The summed E-state index contributed by atoms with van der Waals surface area (Å²) in [7, 11) is 1.60. The number of carbonyl (C=O) groups is 2. The van der Waals surface area contributed by atoms with Crippen molar-refractivity contribution in [3.63, 3.8) is 0 Å². The van der Waals surface area contributed by atoms with Gasteiger partial charge in [0, 0.05) is 18.5 Å². The highest BCUT2D eigenvalue weighted by atomic mass is 16.5. The molecule has 2 aliphatic rings. The molecule has 1 saturated heterocycles. The van der Waals surface area contributed by atoms with Gasteiger partial charge in [-0.2, -0.15) is 0 Å². The monoisotopic (exact) mass is 390 g/mol. The number of rotatable bonds is 9. The number of nitrogens with one attached hydrogen (secondary N) is 2. The van der Waals surface area contributed by atoms with Crippen LogP contribution in [0, 0.1) is 5.92 Å². The molecule has 3 rings (SSSR count). The van der Waals surface area contributed by atoms with Crippen LogP contribution in [0.15, 0.2) is 24.3 Å². The highest BCUT2D eigenvalue weighted by Gasteiger charge is 2.34. The summed E-state index contributed by atoms with van der Waals surface area (Å²) in [6.45, 7) is 0.215. The van der Waals surface area contributed by atoms with E-state index in [1.807, 2.05) is 24.3 Å². The van der Waals surface area contributed by atoms with E-state index in [2.05, 4.69) is 10.6 Å². The van der Waals surface area contributed by atoms with Crippen molar-refractivity contribution in [3.05, 3.63) is 29.8 Å². The molecule has 2 fully saturated rings. The lowest BCUT2D eigenvalue weighted by Crippen LogP contribution is -2.51. The molecular formula is C21H30N2O5. The van der Waals surface area contributed by atoms with E-state index in [-0.39, 0.29) is 37.0 Å². The van der Waals surface area contributed by atoms with Crippen LogP contribution in [0.1, 0.15) is 44.1 Å². The molecule has 0 unspecified atom stereocenters. The van der Waals surface area contributed by atoms with Gasteiger partial charge in [-0.25, -0.2) is 0 Å². The average Bonchev–Trinajstić information content (AvgIpc) is 3.51. The normalized spacial score (nSPS) is 24.4. The second-order valence-electron chi connectivity index (χ2n) is 7.67. The first-order valence-electron chi connectivity index (χ1n) is 10.0. The molecule has 0 radical (unpaired) electrons. The van der Waals surface area contributed by atoms with E-state index in [0.717, 1.165) is 24.2 Å². The summed E-state index contributed by atoms with van der Waals surface area (Å²) in [4.78, 5) is 24.3. The number of benzene rings is 1. The number of aliphatic hydroxyl groups is 1. The van der Waals surface area contributed by atoms with Gasteiger partial charge in [0.15, 0.2) is 0 Å². The smallest absolute Gasteiger partial charge is 0.222 e. The SMILES string of the molecule is COc1ccccc1CNC(=O)C[C@H]1CC[C@@H](NC(=O)CC2CC2)[C@@H](CO)O1. The molecule has 3 N–H and O–H groups in total. The number of carbonyl (C=O) groups excluding carboxylic acids is 2. The zero-order chi connectivity index (χ0) is 19.9. The standard InChI is InChI=1S/C21H30N2O5/c1-27-18-5-3-2-4-15(18)12-22-20(25)11-16-8-9-17(19(13-24)28-16)23-21(26)10-14-6-7-14/h2-5,14,16-17,19,24H,6-13H2,1H3,(H,22,25)(H,23,26)/t16-,17-,19-/m1/s1. The van der Waals surface area contributed by atoms with Crippen molar-refractivity contribution in [2.75, 3.05) is 13.7 Å². The van der Waals surface area contributed by atoms with Crippen molar-refractivity contribution in [3.8, 4) is 5.75 Å². The van der Waals surface area contributed by atoms with Gasteiger partial charge in [0.25, 0.3) is 0 Å². The number of methoxy groups -OCH3 is 1. The Hall–Kier alpha value is -2.12. The van der Waals surface area contributed by atoms with Crippen molar-refractivity contribution in [2.45, 2.75) is 63.3 Å². The van der Waals surface area contributed by atoms with Crippen LogP contribution in [0.4, 0.5) is 0 Å². The lowest BCUT2D eigenvalue weighted by Gasteiger charge is -2.36. The molecule has 3 atom stereocenters. The van der Waals surface area contributed by atoms with Gasteiger partial charge in [-0.15, -0.1) is 0 Å². The summed E-state index contributed by atoms with van der Waals surface area (Å²) in [6, 6.07) is 7.36. The Labute approximate surface area is 165 Å². The van der Waals surface area contributed by atoms with Crippen LogP contribution in [0.2, 0.25) is 0 Å². The van der Waals surface area contributed by atoms with Crippen molar-refractivity contribution in [1.29, 1.82) is 0 Å². The number of para-hydroxylation sites is 1. The van der Waals surface area contributed by atoms with Gasteiger partial charge in [0.2, 0.25) is 11.8 Å². The van der Waals surface area contributed by atoms with Crippen molar-refractivity contribution in [2.24, 2.45) is 5.92 Å². The fourth-order valence-corrected chi connectivity index (χ4v) is 3.62. The van der Waals surface area contributed by atoms with Gasteiger partial charge in [-0.05, 0) is 37.7 Å². The average molecular weight is 390 g/mol. The maximum Gasteiger partial charge on any atom is 0.222 e. The maximum absolute atomic E-state index is 12.3. The molecule has 2 amide bonds. The summed E-state index contributed by atoms with van der Waals surface area (Å²) in [5.74, 6) is 1.19. The van der Waals surface area contributed by atoms with E-state index in [0.29, 0.717) is 31.7 Å². The van der Waals surface area contributed by atoms with E-state index in [1.54, 1.807) is 7.11 Å². The summed E-state index contributed by atoms with van der Waals surface area (Å²) >= 11 is 0. The third-order valence-corrected chi connectivity index (χ3v) is 5.39. The minimum absolute atomic E-state index is 0.0301. The topological polar surface area (TPSA) is 96.9 Å². The largest absolute Gasteiger partial charge is 0.496 e. The van der Waals surface area contributed by atoms with E-state index in [4.69, 9.17) is 9.47 Å². The molecule has 1 aromatic rings. The van der Waals surface area contributed by atoms with Gasteiger partial charge < -0.3 is 25.2 Å². The van der Waals surface area contributed by atoms with Crippen LogP contribution in [-0.4, -0.2) is 48.9 Å². The van der Waals surface area contributed by atoms with Crippen LogP contribution < -0.4 is 15.4 Å². The first kappa shape index (κ1) is 20.6. The Bertz CT molecular complexity index is 677. The number of hydrogen-bond donors (Lipinski definition) is 3. The van der Waals surface area contributed by atoms with Gasteiger partial charge in [0.1, 0.15) is 11.9 Å². The predicted octanol–water partition coefficient (Wildman–Crippen LogP) is 1.53. The maximum atomic E-state index is 12.3. The fourth-order valence-electron chi connectivity index (χ4n) is 3.62. The molecule has 0 aromatic heterocycles. The number of hydrogen-bond acceptors (Lipinski definition) is 5. The molecule has 1 heterocycles. The van der Waals surface area contributed by atoms with Crippen LogP contribution in [0.5, 0.6) is 5.75 Å². The van der Waals surface area contributed by atoms with Crippen molar-refractivity contribution < 1.29 is 24.2 Å². The van der Waals surface area contributed by atoms with Crippen LogP contribution in [-0.2, 0) is 20.9 Å². The number of amides is 2. The highest BCUT2D eigenvalue weighted by molar-refractivity contribution is 5.77. The molecule has 0 bridgehead atoms. The summed E-state index contributed by atoms with van der Waals surface area (Å²) in [5, 5.41) is 15.5. The molecule has 1 saturated carbocycles. The molecule has 28 heavy (non-hydrogen) atoms. The lowest BCUT2D eigenvalue weighted by molar-refractivity contribution is -0.136. The first-order chi connectivity index (χ1) is 13.6. The Kier molecular flexibility index (Phi) is 7.28. The van der Waals surface area contributed by atoms with Gasteiger partial charge >= 0.3 is 0 Å². The molecule has 7 heteroatoms. The van der Waals surface area contributed by atoms with Crippen molar-refractivity contribution in [1.82, 2.24) is 10.6 Å². The Morgan fingerprint density at radius 1 is 1.14 bits per heavy atom. The van der Waals surface area contributed by atoms with E-state index < -0.39 is 6.10 Å². The second kappa shape index (κ2) is 9.89. The third-order valence-electron chi connectivity index (χ3n) is 5.39. The zero-order valence-corrected chi connectivity index (χ0v) is 16.4. The van der Waals surface area contributed by atoms with E-state index >= 15 is 0 Å². The van der Waals surface area contributed by atoms with Crippen LogP contribution in [0.25, 0.3) is 0 Å². The summed E-state index contributed by atoms with van der Waals surface area (Å²) in [6.07, 6.45) is 3.70. The second-order valence-corrected chi connectivity index (χ2v) is 7.67. The molecule has 7 nitrogen and oxygen atoms in total. The van der Waals surface area contributed by atoms with E-state index in [1.165, 1.54) is 0 Å². The van der Waals surface area contributed by atoms with E-state index in [9.17, 15) is 14.7 Å². The Morgan fingerprint density at radius 3 is 2.64 bits per heavy atom. The minimum Gasteiger partial charge on any atom is -0.496 e. The minimum atomic E-state index is -0.469. The first-order valence-corrected chi connectivity index (χ1v) is 10.0. The van der Waals surface area contributed by atoms with Gasteiger partial charge in [-0.3, -0.25) is 9.59 Å². The predicted molar refractivity (Wildman–Crippen MR) is 104 cm³/mol. The van der Waals surface area contributed by atoms with Gasteiger partial charge in [-0.1, -0.05) is 18.2 Å². The van der Waals surface area contributed by atoms with Crippen molar-refractivity contribution >= 4 is 11.8 Å². The van der Waals surface area contributed by atoms with Crippen LogP contribution in [0.3, 0.4) is 0 Å². The Balaban J connectivity index is 1.43. The number of aliphatic hydroxyl groups excluding tert-OH is 1.